The number of nitrogens with one attached hydrogen (secondary N) is 1. The van der Waals surface area contributed by atoms with Gasteiger partial charge in [0.25, 0.3) is 0 Å². The molecule has 0 aliphatic carbocycles. The van der Waals surface area contributed by atoms with Crippen LogP contribution in [0.15, 0.2) is 48.5 Å². The zero-order valence-electron chi connectivity index (χ0n) is 13.5. The number of halogens is 3. The molecule has 2 nitrogen and oxygen atoms in total. The van der Waals surface area contributed by atoms with Gasteiger partial charge in [0.1, 0.15) is 19.6 Å². The minimum atomic E-state index is -4.29. The van der Waals surface area contributed by atoms with Crippen molar-refractivity contribution in [3.05, 3.63) is 70.8 Å². The van der Waals surface area contributed by atoms with Gasteiger partial charge in [-0.1, -0.05) is 42.5 Å². The molecule has 0 unspecified atom stereocenters. The van der Waals surface area contributed by atoms with Gasteiger partial charge in [-0.2, -0.15) is 13.2 Å². The first-order valence-corrected chi connectivity index (χ1v) is 7.70. The highest BCUT2D eigenvalue weighted by molar-refractivity contribution is 5.28. The number of rotatable bonds is 6. The quantitative estimate of drug-likeness (QED) is 0.806. The van der Waals surface area contributed by atoms with Crippen molar-refractivity contribution in [3.8, 4) is 0 Å². The van der Waals surface area contributed by atoms with E-state index >= 15 is 0 Å². The van der Waals surface area contributed by atoms with E-state index in [0.29, 0.717) is 18.7 Å². The van der Waals surface area contributed by atoms with Crippen LogP contribution in [-0.4, -0.2) is 14.1 Å². The van der Waals surface area contributed by atoms with Crippen molar-refractivity contribution in [1.29, 1.82) is 0 Å². The lowest BCUT2D eigenvalue weighted by atomic mass is 10.1. The predicted molar refractivity (Wildman–Crippen MR) is 83.7 cm³/mol. The molecule has 0 aliphatic rings. The number of benzene rings is 2. The minimum absolute atomic E-state index is 0.319. The monoisotopic (exact) mass is 324 g/mol. The van der Waals surface area contributed by atoms with Crippen LogP contribution >= 0.6 is 0 Å². The number of quaternary nitrogens is 2. The Balaban J connectivity index is 1.93. The third-order valence-electron chi connectivity index (χ3n) is 3.65. The molecule has 124 valence electrons. The van der Waals surface area contributed by atoms with E-state index in [1.54, 1.807) is 12.1 Å². The highest BCUT2D eigenvalue weighted by Crippen LogP contribution is 2.31. The van der Waals surface area contributed by atoms with Gasteiger partial charge in [-0.3, -0.25) is 0 Å². The summed E-state index contributed by atoms with van der Waals surface area (Å²) in [7, 11) is 4.19. The number of nitrogens with two attached hydrogens (primary N) is 1. The smallest absolute Gasteiger partial charge is 0.339 e. The average Bonchev–Trinajstić information content (AvgIpc) is 2.48. The largest absolute Gasteiger partial charge is 0.416 e. The maximum atomic E-state index is 12.9. The fourth-order valence-corrected chi connectivity index (χ4v) is 2.57. The maximum absolute atomic E-state index is 12.9. The molecule has 0 bridgehead atoms. The van der Waals surface area contributed by atoms with Crippen LogP contribution in [-0.2, 0) is 25.8 Å². The third-order valence-corrected chi connectivity index (χ3v) is 3.65. The van der Waals surface area contributed by atoms with Gasteiger partial charge in [0.2, 0.25) is 0 Å². The molecule has 23 heavy (non-hydrogen) atoms. The topological polar surface area (TPSA) is 21.1 Å². The molecule has 2 rings (SSSR count). The van der Waals surface area contributed by atoms with E-state index < -0.39 is 11.7 Å². The third kappa shape index (κ3) is 5.37. The molecular formula is C18H23F3N2+2. The summed E-state index contributed by atoms with van der Waals surface area (Å²) in [6.07, 6.45) is -4.29. The van der Waals surface area contributed by atoms with Crippen molar-refractivity contribution in [2.24, 2.45) is 0 Å². The Morgan fingerprint density at radius 3 is 2.09 bits per heavy atom. The van der Waals surface area contributed by atoms with E-state index in [2.05, 4.69) is 26.2 Å². The van der Waals surface area contributed by atoms with Crippen LogP contribution in [0.5, 0.6) is 0 Å². The zero-order valence-corrected chi connectivity index (χ0v) is 13.5. The Morgan fingerprint density at radius 2 is 1.48 bits per heavy atom. The molecule has 0 radical (unpaired) electrons. The second kappa shape index (κ2) is 7.62. The van der Waals surface area contributed by atoms with Gasteiger partial charge in [-0.25, -0.2) is 0 Å². The van der Waals surface area contributed by atoms with E-state index in [1.165, 1.54) is 16.5 Å². The van der Waals surface area contributed by atoms with Gasteiger partial charge in [0.05, 0.1) is 19.7 Å². The van der Waals surface area contributed by atoms with Crippen LogP contribution in [0.3, 0.4) is 0 Å². The van der Waals surface area contributed by atoms with Crippen molar-refractivity contribution in [2.75, 3.05) is 14.1 Å². The van der Waals surface area contributed by atoms with E-state index in [4.69, 9.17) is 0 Å². The van der Waals surface area contributed by atoms with Gasteiger partial charge in [-0.15, -0.1) is 0 Å². The molecule has 3 N–H and O–H groups in total. The Bertz CT molecular complexity index is 619. The van der Waals surface area contributed by atoms with E-state index in [-0.39, 0.29) is 0 Å². The first-order chi connectivity index (χ1) is 10.9. The fourth-order valence-electron chi connectivity index (χ4n) is 2.57. The second-order valence-electron chi connectivity index (χ2n) is 6.05. The summed E-state index contributed by atoms with van der Waals surface area (Å²) in [5.41, 5.74) is 2.16. The lowest BCUT2D eigenvalue weighted by Gasteiger charge is -2.12. The first-order valence-electron chi connectivity index (χ1n) is 7.70. The molecule has 0 saturated heterocycles. The SMILES string of the molecule is C[NH+](C)Cc1ccc(C[NH2+]Cc2ccccc2C(F)(F)F)cc1. The molecule has 2 aromatic carbocycles. The van der Waals surface area contributed by atoms with Crippen molar-refractivity contribution in [3.63, 3.8) is 0 Å². The molecule has 0 aliphatic heterocycles. The summed E-state index contributed by atoms with van der Waals surface area (Å²) >= 11 is 0. The minimum Gasteiger partial charge on any atom is -0.339 e. The van der Waals surface area contributed by atoms with Gasteiger partial charge < -0.3 is 10.2 Å². The van der Waals surface area contributed by atoms with Crippen molar-refractivity contribution in [2.45, 2.75) is 25.8 Å². The van der Waals surface area contributed by atoms with E-state index in [9.17, 15) is 13.2 Å². The molecule has 0 fully saturated rings. The Morgan fingerprint density at radius 1 is 0.870 bits per heavy atom. The Hall–Kier alpha value is -1.85. The van der Waals surface area contributed by atoms with Crippen molar-refractivity contribution >= 4 is 0 Å². The van der Waals surface area contributed by atoms with Crippen LogP contribution in [0.4, 0.5) is 13.2 Å². The van der Waals surface area contributed by atoms with Crippen LogP contribution < -0.4 is 10.2 Å². The second-order valence-corrected chi connectivity index (χ2v) is 6.05. The summed E-state index contributed by atoms with van der Waals surface area (Å²) in [4.78, 5) is 1.35. The molecule has 0 aromatic heterocycles. The standard InChI is InChI=1S/C18H21F3N2/c1-23(2)13-15-9-7-14(8-10-15)11-22-12-16-5-3-4-6-17(16)18(19,20)21/h3-10,22H,11-13H2,1-2H3/p+2. The average molecular weight is 324 g/mol. The highest BCUT2D eigenvalue weighted by Gasteiger charge is 2.33. The fraction of sp³-hybridized carbons (Fsp3) is 0.333. The van der Waals surface area contributed by atoms with Gasteiger partial charge in [-0.05, 0) is 6.07 Å². The summed E-state index contributed by atoms with van der Waals surface area (Å²) in [6, 6.07) is 14.0. The molecule has 0 spiro atoms. The molecule has 0 heterocycles. The number of hydrogen-bond acceptors (Lipinski definition) is 0. The molecular weight excluding hydrogens is 301 g/mol. The Labute approximate surface area is 134 Å². The Kier molecular flexibility index (Phi) is 5.80. The van der Waals surface area contributed by atoms with E-state index in [0.717, 1.165) is 18.2 Å². The number of alkyl halides is 3. The summed E-state index contributed by atoms with van der Waals surface area (Å²) in [6.45, 7) is 1.95. The van der Waals surface area contributed by atoms with Crippen molar-refractivity contribution < 1.29 is 23.4 Å². The lowest BCUT2D eigenvalue weighted by molar-refractivity contribution is -0.872. The molecule has 0 atom stereocenters. The molecule has 2 aromatic rings. The summed E-state index contributed by atoms with van der Waals surface area (Å²) in [5.74, 6) is 0. The van der Waals surface area contributed by atoms with Crippen LogP contribution in [0.2, 0.25) is 0 Å². The number of hydrogen-bond donors (Lipinski definition) is 2. The summed E-state index contributed by atoms with van der Waals surface area (Å²) in [5, 5.41) is 1.90. The van der Waals surface area contributed by atoms with E-state index in [1.807, 2.05) is 17.4 Å². The zero-order chi connectivity index (χ0) is 16.9. The first kappa shape index (κ1) is 17.5. The van der Waals surface area contributed by atoms with Crippen LogP contribution in [0, 0.1) is 0 Å². The van der Waals surface area contributed by atoms with Gasteiger partial charge >= 0.3 is 6.18 Å². The molecule has 0 amide bonds. The molecule has 0 saturated carbocycles. The van der Waals surface area contributed by atoms with Gasteiger partial charge in [0.15, 0.2) is 0 Å². The van der Waals surface area contributed by atoms with Crippen LogP contribution in [0.1, 0.15) is 22.3 Å². The predicted octanol–water partition coefficient (Wildman–Crippen LogP) is 1.61. The maximum Gasteiger partial charge on any atom is 0.416 e. The van der Waals surface area contributed by atoms with Crippen molar-refractivity contribution in [1.82, 2.24) is 0 Å². The van der Waals surface area contributed by atoms with Gasteiger partial charge in [0, 0.05) is 16.7 Å². The lowest BCUT2D eigenvalue weighted by Crippen LogP contribution is -3.04. The normalized spacial score (nSPS) is 11.9. The highest BCUT2D eigenvalue weighted by atomic mass is 19.4. The summed E-state index contributed by atoms with van der Waals surface area (Å²) < 4.78 is 38.8. The van der Waals surface area contributed by atoms with Crippen LogP contribution in [0.25, 0.3) is 0 Å². The molecule has 5 heteroatoms.